The third kappa shape index (κ3) is 1.48. The molecule has 1 aliphatic heterocycles. The Kier molecular flexibility index (Phi) is 2.28. The molecule has 1 rings (SSSR count). The van der Waals surface area contributed by atoms with Crippen molar-refractivity contribution in [3.05, 3.63) is 0 Å². The largest absolute Gasteiger partial charge is 0.325 e. The summed E-state index contributed by atoms with van der Waals surface area (Å²) in [6, 6.07) is 0.922. The molecule has 0 amide bonds. The molecular weight excluding hydrogens is 126 g/mol. The first-order valence-electron chi connectivity index (χ1n) is 3.84. The van der Waals surface area contributed by atoms with Crippen molar-refractivity contribution in [2.24, 2.45) is 5.73 Å². The number of rotatable bonds is 1. The first-order chi connectivity index (χ1) is 4.61. The molecule has 1 unspecified atom stereocenters. The first kappa shape index (κ1) is 7.98. The van der Waals surface area contributed by atoms with Crippen LogP contribution in [0, 0.1) is 0 Å². The molecule has 60 valence electrons. The van der Waals surface area contributed by atoms with Crippen molar-refractivity contribution in [3.8, 4) is 0 Å². The van der Waals surface area contributed by atoms with Gasteiger partial charge in [0.2, 0.25) is 0 Å². The van der Waals surface area contributed by atoms with E-state index in [0.717, 1.165) is 13.1 Å². The van der Waals surface area contributed by atoms with Gasteiger partial charge in [0.05, 0.1) is 0 Å². The molecule has 1 aliphatic rings. The predicted octanol–water partition coefficient (Wildman–Crippen LogP) is -0.115. The van der Waals surface area contributed by atoms with Gasteiger partial charge in [-0.25, -0.2) is 10.0 Å². The second-order valence-corrected chi connectivity index (χ2v) is 3.32. The van der Waals surface area contributed by atoms with E-state index in [1.54, 1.807) is 0 Å². The van der Waals surface area contributed by atoms with Gasteiger partial charge in [0, 0.05) is 32.2 Å². The zero-order valence-corrected chi connectivity index (χ0v) is 7.04. The van der Waals surface area contributed by atoms with E-state index in [4.69, 9.17) is 5.73 Å². The molecule has 0 aromatic rings. The quantitative estimate of drug-likeness (QED) is 0.555. The van der Waals surface area contributed by atoms with Crippen molar-refractivity contribution in [2.45, 2.75) is 25.9 Å². The minimum absolute atomic E-state index is 0.340. The second-order valence-electron chi connectivity index (χ2n) is 3.32. The molecule has 1 saturated heterocycles. The highest BCUT2D eigenvalue weighted by Crippen LogP contribution is 2.09. The van der Waals surface area contributed by atoms with Gasteiger partial charge < -0.3 is 5.73 Å². The van der Waals surface area contributed by atoms with Gasteiger partial charge in [0.25, 0.3) is 0 Å². The summed E-state index contributed by atoms with van der Waals surface area (Å²) in [6.45, 7) is 6.38. The predicted molar refractivity (Wildman–Crippen MR) is 42.4 cm³/mol. The van der Waals surface area contributed by atoms with Gasteiger partial charge in [-0.15, -0.1) is 0 Å². The highest BCUT2D eigenvalue weighted by atomic mass is 15.6. The van der Waals surface area contributed by atoms with E-state index < -0.39 is 0 Å². The minimum atomic E-state index is 0.340. The zero-order chi connectivity index (χ0) is 7.72. The Morgan fingerprint density at radius 1 is 1.40 bits per heavy atom. The maximum Gasteiger partial charge on any atom is 0.0325 e. The Hall–Kier alpha value is -0.120. The van der Waals surface area contributed by atoms with E-state index in [0.29, 0.717) is 12.1 Å². The van der Waals surface area contributed by atoms with E-state index in [-0.39, 0.29) is 0 Å². The van der Waals surface area contributed by atoms with Crippen molar-refractivity contribution in [1.82, 2.24) is 10.0 Å². The van der Waals surface area contributed by atoms with Crippen LogP contribution in [-0.2, 0) is 0 Å². The van der Waals surface area contributed by atoms with E-state index in [1.165, 1.54) is 0 Å². The monoisotopic (exact) mass is 143 g/mol. The first-order valence-corrected chi connectivity index (χ1v) is 3.84. The topological polar surface area (TPSA) is 32.5 Å². The molecule has 1 heterocycles. The van der Waals surface area contributed by atoms with Crippen LogP contribution >= 0.6 is 0 Å². The lowest BCUT2D eigenvalue weighted by Gasteiger charge is -2.27. The Bertz CT molecular complexity index is 113. The van der Waals surface area contributed by atoms with Crippen LogP contribution in [-0.4, -0.2) is 42.2 Å². The number of hydrogen-bond acceptors (Lipinski definition) is 3. The fourth-order valence-electron chi connectivity index (χ4n) is 1.49. The number of nitrogens with two attached hydrogens (primary N) is 1. The highest BCUT2D eigenvalue weighted by Gasteiger charge is 2.25. The fraction of sp³-hybridized carbons (Fsp3) is 1.00. The van der Waals surface area contributed by atoms with Crippen molar-refractivity contribution in [3.63, 3.8) is 0 Å². The summed E-state index contributed by atoms with van der Waals surface area (Å²) in [5.74, 6) is 0. The van der Waals surface area contributed by atoms with Gasteiger partial charge in [-0.1, -0.05) is 0 Å². The molecule has 1 atom stereocenters. The maximum atomic E-state index is 5.77. The zero-order valence-electron chi connectivity index (χ0n) is 7.04. The van der Waals surface area contributed by atoms with Crippen LogP contribution < -0.4 is 5.73 Å². The normalized spacial score (nSPS) is 30.3. The van der Waals surface area contributed by atoms with Crippen LogP contribution in [0.5, 0.6) is 0 Å². The average Bonchev–Trinajstić information content (AvgIpc) is 2.10. The van der Waals surface area contributed by atoms with Crippen LogP contribution in [0.1, 0.15) is 13.8 Å². The standard InChI is InChI=1S/C7H17N3/c1-6(2)10-5-7(8)4-9(10)3/h6-7H,4-5,8H2,1-3H3. The van der Waals surface area contributed by atoms with E-state index in [9.17, 15) is 0 Å². The molecule has 0 radical (unpaired) electrons. The third-order valence-corrected chi connectivity index (χ3v) is 1.95. The van der Waals surface area contributed by atoms with Crippen molar-refractivity contribution < 1.29 is 0 Å². The van der Waals surface area contributed by atoms with Crippen LogP contribution in [0.4, 0.5) is 0 Å². The molecule has 1 fully saturated rings. The van der Waals surface area contributed by atoms with Crippen molar-refractivity contribution >= 4 is 0 Å². The van der Waals surface area contributed by atoms with Crippen molar-refractivity contribution in [2.75, 3.05) is 20.1 Å². The maximum absolute atomic E-state index is 5.77. The molecule has 0 aromatic carbocycles. The molecule has 2 N–H and O–H groups in total. The summed E-state index contributed by atoms with van der Waals surface area (Å²) in [6.07, 6.45) is 0. The van der Waals surface area contributed by atoms with E-state index in [2.05, 4.69) is 30.9 Å². The molecule has 0 bridgehead atoms. The van der Waals surface area contributed by atoms with Crippen LogP contribution in [0.25, 0.3) is 0 Å². The Morgan fingerprint density at radius 3 is 2.20 bits per heavy atom. The summed E-state index contributed by atoms with van der Waals surface area (Å²) in [7, 11) is 2.09. The number of likely N-dealkylation sites (N-methyl/N-ethyl adjacent to an activating group) is 1. The number of hydrogen-bond donors (Lipinski definition) is 1. The lowest BCUT2D eigenvalue weighted by atomic mass is 10.3. The Labute approximate surface area is 62.8 Å². The molecular formula is C7H17N3. The van der Waals surface area contributed by atoms with Gasteiger partial charge in [-0.05, 0) is 13.8 Å². The summed E-state index contributed by atoms with van der Waals surface area (Å²) < 4.78 is 0. The van der Waals surface area contributed by atoms with Gasteiger partial charge in [-0.3, -0.25) is 0 Å². The van der Waals surface area contributed by atoms with E-state index in [1.807, 2.05) is 0 Å². The average molecular weight is 143 g/mol. The SMILES string of the molecule is CC(C)N1CC(N)CN1C. The number of nitrogens with zero attached hydrogens (tertiary/aromatic N) is 2. The second kappa shape index (κ2) is 2.86. The molecule has 3 nitrogen and oxygen atoms in total. The number of hydrazine groups is 1. The molecule has 0 saturated carbocycles. The summed E-state index contributed by atoms with van der Waals surface area (Å²) in [5.41, 5.74) is 5.77. The van der Waals surface area contributed by atoms with E-state index >= 15 is 0 Å². The Balaban J connectivity index is 2.46. The van der Waals surface area contributed by atoms with Crippen LogP contribution in [0.3, 0.4) is 0 Å². The van der Waals surface area contributed by atoms with Gasteiger partial charge in [-0.2, -0.15) is 0 Å². The summed E-state index contributed by atoms with van der Waals surface area (Å²) in [5, 5.41) is 4.50. The smallest absolute Gasteiger partial charge is 0.0325 e. The molecule has 0 aromatic heterocycles. The molecule has 0 aliphatic carbocycles. The molecule has 3 heteroatoms. The third-order valence-electron chi connectivity index (χ3n) is 1.95. The highest BCUT2D eigenvalue weighted by molar-refractivity contribution is 4.78. The van der Waals surface area contributed by atoms with Crippen LogP contribution in [0.2, 0.25) is 0 Å². The lowest BCUT2D eigenvalue weighted by molar-refractivity contribution is 0.0242. The Morgan fingerprint density at radius 2 is 2.00 bits per heavy atom. The van der Waals surface area contributed by atoms with Crippen molar-refractivity contribution in [1.29, 1.82) is 0 Å². The summed E-state index contributed by atoms with van der Waals surface area (Å²) in [4.78, 5) is 0. The van der Waals surface area contributed by atoms with Gasteiger partial charge in [0.15, 0.2) is 0 Å². The minimum Gasteiger partial charge on any atom is -0.325 e. The lowest BCUT2D eigenvalue weighted by Crippen LogP contribution is -2.38. The fourth-order valence-corrected chi connectivity index (χ4v) is 1.49. The van der Waals surface area contributed by atoms with Gasteiger partial charge in [0.1, 0.15) is 0 Å². The van der Waals surface area contributed by atoms with Crippen LogP contribution in [0.15, 0.2) is 0 Å². The molecule has 10 heavy (non-hydrogen) atoms. The summed E-state index contributed by atoms with van der Waals surface area (Å²) >= 11 is 0. The molecule has 0 spiro atoms. The van der Waals surface area contributed by atoms with Gasteiger partial charge >= 0.3 is 0 Å².